The number of benzene rings is 1. The summed E-state index contributed by atoms with van der Waals surface area (Å²) in [5, 5.41) is 9.36. The van der Waals surface area contributed by atoms with Crippen molar-refractivity contribution in [2.45, 2.75) is 32.3 Å². The predicted molar refractivity (Wildman–Crippen MR) is 65.7 cm³/mol. The van der Waals surface area contributed by atoms with E-state index in [9.17, 15) is 5.11 Å². The summed E-state index contributed by atoms with van der Waals surface area (Å²) in [5.74, 6) is 1.32. The van der Waals surface area contributed by atoms with E-state index in [1.165, 1.54) is 5.56 Å². The fourth-order valence-electron chi connectivity index (χ4n) is 1.49. The third-order valence-electron chi connectivity index (χ3n) is 2.77. The Hall–Kier alpha value is -1.06. The van der Waals surface area contributed by atoms with E-state index in [1.54, 1.807) is 0 Å². The average Bonchev–Trinajstić information content (AvgIpc) is 2.35. The van der Waals surface area contributed by atoms with Gasteiger partial charge in [-0.15, -0.1) is 0 Å². The first-order valence-corrected chi connectivity index (χ1v) is 5.78. The SMILES string of the molecule is CC[C@H](C)c1ccccc1OC[C@H](O)CN. The minimum Gasteiger partial charge on any atom is -0.491 e. The molecule has 16 heavy (non-hydrogen) atoms. The molecule has 0 aromatic heterocycles. The summed E-state index contributed by atoms with van der Waals surface area (Å²) in [6.07, 6.45) is 0.477. The lowest BCUT2D eigenvalue weighted by Crippen LogP contribution is -2.26. The van der Waals surface area contributed by atoms with Crippen LogP contribution in [0, 0.1) is 0 Å². The van der Waals surface area contributed by atoms with E-state index in [0.717, 1.165) is 12.2 Å². The largest absolute Gasteiger partial charge is 0.491 e. The first kappa shape index (κ1) is 13.0. The molecular formula is C13H21NO2. The first-order valence-electron chi connectivity index (χ1n) is 5.78. The quantitative estimate of drug-likeness (QED) is 0.774. The molecule has 0 saturated heterocycles. The second kappa shape index (κ2) is 6.51. The fraction of sp³-hybridized carbons (Fsp3) is 0.538. The van der Waals surface area contributed by atoms with Crippen LogP contribution in [0.15, 0.2) is 24.3 Å². The van der Waals surface area contributed by atoms with Crippen molar-refractivity contribution < 1.29 is 9.84 Å². The zero-order valence-electron chi connectivity index (χ0n) is 10.0. The molecule has 0 saturated carbocycles. The standard InChI is InChI=1S/C13H21NO2/c1-3-10(2)12-6-4-5-7-13(12)16-9-11(15)8-14/h4-7,10-11,15H,3,8-9,14H2,1-2H3/t10-,11+/m0/s1. The van der Waals surface area contributed by atoms with Crippen LogP contribution in [0.4, 0.5) is 0 Å². The highest BCUT2D eigenvalue weighted by Crippen LogP contribution is 2.28. The molecule has 0 radical (unpaired) electrons. The van der Waals surface area contributed by atoms with Crippen molar-refractivity contribution in [3.05, 3.63) is 29.8 Å². The van der Waals surface area contributed by atoms with Gasteiger partial charge in [0.05, 0.1) is 0 Å². The van der Waals surface area contributed by atoms with Crippen LogP contribution in [0.25, 0.3) is 0 Å². The van der Waals surface area contributed by atoms with Crippen LogP contribution >= 0.6 is 0 Å². The number of nitrogens with two attached hydrogens (primary N) is 1. The Morgan fingerprint density at radius 1 is 1.38 bits per heavy atom. The van der Waals surface area contributed by atoms with Gasteiger partial charge in [0.15, 0.2) is 0 Å². The predicted octanol–water partition coefficient (Wildman–Crippen LogP) is 1.90. The van der Waals surface area contributed by atoms with Gasteiger partial charge >= 0.3 is 0 Å². The molecule has 0 unspecified atom stereocenters. The smallest absolute Gasteiger partial charge is 0.122 e. The maximum atomic E-state index is 9.36. The zero-order chi connectivity index (χ0) is 12.0. The highest BCUT2D eigenvalue weighted by molar-refractivity contribution is 5.35. The van der Waals surface area contributed by atoms with Crippen LogP contribution in [0.2, 0.25) is 0 Å². The van der Waals surface area contributed by atoms with Crippen LogP contribution in [-0.4, -0.2) is 24.4 Å². The molecule has 0 aliphatic heterocycles. The number of hydrogen-bond acceptors (Lipinski definition) is 3. The second-order valence-electron chi connectivity index (χ2n) is 4.05. The van der Waals surface area contributed by atoms with Gasteiger partial charge in [0, 0.05) is 6.54 Å². The number of rotatable bonds is 6. The van der Waals surface area contributed by atoms with Crippen LogP contribution in [0.3, 0.4) is 0 Å². The molecule has 0 aliphatic carbocycles. The minimum atomic E-state index is -0.593. The Kier molecular flexibility index (Phi) is 5.29. The van der Waals surface area contributed by atoms with Gasteiger partial charge < -0.3 is 15.6 Å². The molecule has 0 amide bonds. The van der Waals surface area contributed by atoms with Gasteiger partial charge in [-0.1, -0.05) is 32.0 Å². The van der Waals surface area contributed by atoms with E-state index in [-0.39, 0.29) is 13.2 Å². The molecule has 3 nitrogen and oxygen atoms in total. The van der Waals surface area contributed by atoms with Gasteiger partial charge in [0.2, 0.25) is 0 Å². The van der Waals surface area contributed by atoms with E-state index in [1.807, 2.05) is 18.2 Å². The molecule has 0 bridgehead atoms. The van der Waals surface area contributed by atoms with Gasteiger partial charge in [-0.05, 0) is 24.0 Å². The summed E-state index contributed by atoms with van der Waals surface area (Å²) in [4.78, 5) is 0. The molecule has 2 atom stereocenters. The minimum absolute atomic E-state index is 0.228. The molecule has 3 N–H and O–H groups in total. The molecular weight excluding hydrogens is 202 g/mol. The highest BCUT2D eigenvalue weighted by Gasteiger charge is 2.10. The van der Waals surface area contributed by atoms with Gasteiger partial charge in [-0.2, -0.15) is 0 Å². The Morgan fingerprint density at radius 2 is 2.06 bits per heavy atom. The third-order valence-corrected chi connectivity index (χ3v) is 2.77. The Balaban J connectivity index is 2.71. The zero-order valence-corrected chi connectivity index (χ0v) is 10.0. The highest BCUT2D eigenvalue weighted by atomic mass is 16.5. The van der Waals surface area contributed by atoms with Crippen molar-refractivity contribution in [1.29, 1.82) is 0 Å². The summed E-state index contributed by atoms with van der Waals surface area (Å²) in [6, 6.07) is 7.95. The Morgan fingerprint density at radius 3 is 2.69 bits per heavy atom. The van der Waals surface area contributed by atoms with Crippen molar-refractivity contribution in [2.24, 2.45) is 5.73 Å². The summed E-state index contributed by atoms with van der Waals surface area (Å²) in [7, 11) is 0. The van der Waals surface area contributed by atoms with Gasteiger partial charge in [-0.3, -0.25) is 0 Å². The first-order chi connectivity index (χ1) is 7.69. The third kappa shape index (κ3) is 3.51. The van der Waals surface area contributed by atoms with E-state index in [4.69, 9.17) is 10.5 Å². The molecule has 90 valence electrons. The van der Waals surface area contributed by atoms with Crippen LogP contribution in [0.5, 0.6) is 5.75 Å². The summed E-state index contributed by atoms with van der Waals surface area (Å²) in [5.41, 5.74) is 6.52. The van der Waals surface area contributed by atoms with Crippen molar-refractivity contribution in [2.75, 3.05) is 13.2 Å². The molecule has 0 fully saturated rings. The average molecular weight is 223 g/mol. The van der Waals surface area contributed by atoms with Crippen molar-refractivity contribution in [3.63, 3.8) is 0 Å². The van der Waals surface area contributed by atoms with Crippen molar-refractivity contribution >= 4 is 0 Å². The summed E-state index contributed by atoms with van der Waals surface area (Å²) >= 11 is 0. The molecule has 0 aliphatic rings. The van der Waals surface area contributed by atoms with E-state index < -0.39 is 6.10 Å². The molecule has 1 rings (SSSR count). The maximum absolute atomic E-state index is 9.36. The van der Waals surface area contributed by atoms with Gasteiger partial charge in [0.1, 0.15) is 18.5 Å². The number of aliphatic hydroxyl groups excluding tert-OH is 1. The maximum Gasteiger partial charge on any atom is 0.122 e. The Bertz CT molecular complexity index is 315. The van der Waals surface area contributed by atoms with E-state index in [0.29, 0.717) is 5.92 Å². The number of ether oxygens (including phenoxy) is 1. The molecule has 0 spiro atoms. The summed E-state index contributed by atoms with van der Waals surface area (Å²) in [6.45, 7) is 4.80. The lowest BCUT2D eigenvalue weighted by molar-refractivity contribution is 0.113. The van der Waals surface area contributed by atoms with Crippen LogP contribution < -0.4 is 10.5 Å². The monoisotopic (exact) mass is 223 g/mol. The summed E-state index contributed by atoms with van der Waals surface area (Å²) < 4.78 is 5.58. The number of para-hydroxylation sites is 1. The number of aliphatic hydroxyl groups is 1. The van der Waals surface area contributed by atoms with E-state index in [2.05, 4.69) is 19.9 Å². The van der Waals surface area contributed by atoms with E-state index >= 15 is 0 Å². The van der Waals surface area contributed by atoms with Crippen molar-refractivity contribution in [1.82, 2.24) is 0 Å². The molecule has 1 aromatic carbocycles. The number of hydrogen-bond donors (Lipinski definition) is 2. The Labute approximate surface area is 97.2 Å². The van der Waals surface area contributed by atoms with Crippen molar-refractivity contribution in [3.8, 4) is 5.75 Å². The molecule has 0 heterocycles. The van der Waals surface area contributed by atoms with Crippen LogP contribution in [0.1, 0.15) is 31.7 Å². The van der Waals surface area contributed by atoms with Crippen LogP contribution in [-0.2, 0) is 0 Å². The molecule has 1 aromatic rings. The second-order valence-corrected chi connectivity index (χ2v) is 4.05. The fourth-order valence-corrected chi connectivity index (χ4v) is 1.49. The van der Waals surface area contributed by atoms with Gasteiger partial charge in [-0.25, -0.2) is 0 Å². The lowest BCUT2D eigenvalue weighted by atomic mass is 9.98. The lowest BCUT2D eigenvalue weighted by Gasteiger charge is -2.17. The topological polar surface area (TPSA) is 55.5 Å². The van der Waals surface area contributed by atoms with Gasteiger partial charge in [0.25, 0.3) is 0 Å². The molecule has 3 heteroatoms. The normalized spacial score (nSPS) is 14.5.